The van der Waals surface area contributed by atoms with E-state index in [2.05, 4.69) is 5.32 Å². The van der Waals surface area contributed by atoms with Gasteiger partial charge in [-0.05, 0) is 25.0 Å². The van der Waals surface area contributed by atoms with Crippen LogP contribution in [0.2, 0.25) is 0 Å². The van der Waals surface area contributed by atoms with Crippen molar-refractivity contribution in [1.82, 2.24) is 5.32 Å². The maximum Gasteiger partial charge on any atom is 0.219 e. The summed E-state index contributed by atoms with van der Waals surface area (Å²) in [6, 6.07) is 19.1. The fraction of sp³-hybridized carbons (Fsp3) is 0.480. The van der Waals surface area contributed by atoms with Gasteiger partial charge < -0.3 is 34.1 Å². The van der Waals surface area contributed by atoms with Crippen LogP contribution in [0.4, 0.5) is 0 Å². The lowest BCUT2D eigenvalue weighted by Gasteiger charge is -2.54. The Morgan fingerprint density at radius 2 is 1.61 bits per heavy atom. The normalized spacial score (nSPS) is 30.9. The van der Waals surface area contributed by atoms with Gasteiger partial charge in [-0.15, -0.1) is 0 Å². The van der Waals surface area contributed by atoms with Gasteiger partial charge in [0.05, 0.1) is 19.8 Å². The first-order valence-electron chi connectivity index (χ1n) is 11.1. The molecule has 8 heteroatoms. The highest BCUT2D eigenvalue weighted by atomic mass is 16.8. The Labute approximate surface area is 193 Å². The van der Waals surface area contributed by atoms with Crippen molar-refractivity contribution in [1.29, 1.82) is 0 Å². The summed E-state index contributed by atoms with van der Waals surface area (Å²) in [5.74, 6) is -1.36. The first-order chi connectivity index (χ1) is 15.8. The number of rotatable bonds is 7. The number of aliphatic hydroxyl groups is 1. The number of hydrogen-bond acceptors (Lipinski definition) is 7. The fourth-order valence-corrected chi connectivity index (χ4v) is 4.14. The molecule has 0 spiro atoms. The Morgan fingerprint density at radius 3 is 2.18 bits per heavy atom. The van der Waals surface area contributed by atoms with Crippen LogP contribution in [0.25, 0.3) is 0 Å². The topological polar surface area (TPSA) is 95.5 Å². The number of carbonyl (C=O) groups is 1. The van der Waals surface area contributed by atoms with E-state index in [4.69, 9.17) is 23.7 Å². The Balaban J connectivity index is 1.63. The summed E-state index contributed by atoms with van der Waals surface area (Å²) in [4.78, 5) is 12.1. The lowest BCUT2D eigenvalue weighted by molar-refractivity contribution is -0.412. The minimum atomic E-state index is -2.00. The van der Waals surface area contributed by atoms with Crippen LogP contribution >= 0.6 is 0 Å². The molecule has 2 aliphatic rings. The molecule has 2 N–H and O–H groups in total. The molecule has 0 bridgehead atoms. The second-order valence-corrected chi connectivity index (χ2v) is 8.82. The molecule has 1 amide bonds. The van der Waals surface area contributed by atoms with E-state index < -0.39 is 42.0 Å². The van der Waals surface area contributed by atoms with Crippen molar-refractivity contribution >= 4 is 5.91 Å². The molecule has 8 nitrogen and oxygen atoms in total. The molecule has 0 aliphatic carbocycles. The standard InChI is InChI=1S/C25H31NO7/c1-17(27)26-25(28)22(29-14-18-10-6-4-7-11-18)21-20(16-31-24(2,3)33-21)32-23(25)30-15-19-12-8-5-9-13-19/h4-13,20-23,28H,14-16H2,1-3H3,(H,26,27)/t20-,21-,22+,23-,25-/m1/s1. The molecule has 2 heterocycles. The van der Waals surface area contributed by atoms with Crippen molar-refractivity contribution in [3.05, 3.63) is 71.8 Å². The highest BCUT2D eigenvalue weighted by Gasteiger charge is 2.61. The zero-order chi connectivity index (χ0) is 23.5. The molecular formula is C25H31NO7. The van der Waals surface area contributed by atoms with Gasteiger partial charge in [0, 0.05) is 6.92 Å². The number of fused-ring (bicyclic) bond motifs is 1. The van der Waals surface area contributed by atoms with Crippen molar-refractivity contribution in [2.24, 2.45) is 0 Å². The van der Waals surface area contributed by atoms with E-state index in [0.29, 0.717) is 0 Å². The molecule has 0 aromatic heterocycles. The molecule has 2 saturated heterocycles. The number of ether oxygens (including phenoxy) is 5. The van der Waals surface area contributed by atoms with E-state index in [1.54, 1.807) is 13.8 Å². The molecule has 5 atom stereocenters. The zero-order valence-electron chi connectivity index (χ0n) is 19.1. The molecule has 2 fully saturated rings. The van der Waals surface area contributed by atoms with Crippen LogP contribution in [0.1, 0.15) is 31.9 Å². The summed E-state index contributed by atoms with van der Waals surface area (Å²) >= 11 is 0. The molecule has 2 aromatic carbocycles. The van der Waals surface area contributed by atoms with Crippen LogP contribution in [0, 0.1) is 0 Å². The fourth-order valence-electron chi connectivity index (χ4n) is 4.14. The molecule has 33 heavy (non-hydrogen) atoms. The van der Waals surface area contributed by atoms with Crippen LogP contribution in [0.3, 0.4) is 0 Å². The van der Waals surface area contributed by atoms with Crippen LogP contribution in [0.15, 0.2) is 60.7 Å². The molecule has 2 aromatic rings. The van der Waals surface area contributed by atoms with Gasteiger partial charge in [-0.25, -0.2) is 0 Å². The van der Waals surface area contributed by atoms with Gasteiger partial charge in [-0.1, -0.05) is 60.7 Å². The maximum atomic E-state index is 12.1. The number of hydrogen-bond donors (Lipinski definition) is 2. The summed E-state index contributed by atoms with van der Waals surface area (Å²) in [6.45, 7) is 5.49. The molecule has 0 radical (unpaired) electrons. The highest BCUT2D eigenvalue weighted by Crippen LogP contribution is 2.38. The summed E-state index contributed by atoms with van der Waals surface area (Å²) < 4.78 is 30.2. The maximum absolute atomic E-state index is 12.1. The predicted octanol–water partition coefficient (Wildman–Crippen LogP) is 2.49. The van der Waals surface area contributed by atoms with E-state index in [9.17, 15) is 9.90 Å². The van der Waals surface area contributed by atoms with Gasteiger partial charge in [0.1, 0.15) is 18.3 Å². The third-order valence-corrected chi connectivity index (χ3v) is 5.66. The Hall–Kier alpha value is -2.33. The molecule has 178 valence electrons. The number of nitrogens with one attached hydrogen (secondary N) is 1. The first kappa shape index (κ1) is 23.8. The highest BCUT2D eigenvalue weighted by molar-refractivity contribution is 5.73. The predicted molar refractivity (Wildman–Crippen MR) is 119 cm³/mol. The van der Waals surface area contributed by atoms with Gasteiger partial charge in [-0.2, -0.15) is 0 Å². The van der Waals surface area contributed by atoms with Gasteiger partial charge in [0.2, 0.25) is 17.9 Å². The van der Waals surface area contributed by atoms with Crippen molar-refractivity contribution < 1.29 is 33.6 Å². The van der Waals surface area contributed by atoms with E-state index in [1.807, 2.05) is 60.7 Å². The van der Waals surface area contributed by atoms with Gasteiger partial charge in [0.15, 0.2) is 5.79 Å². The Kier molecular flexibility index (Phi) is 7.13. The number of carbonyl (C=O) groups excluding carboxylic acids is 1. The molecule has 0 saturated carbocycles. The largest absolute Gasteiger partial charge is 0.365 e. The van der Waals surface area contributed by atoms with E-state index in [1.165, 1.54) is 6.92 Å². The molecule has 4 rings (SSSR count). The van der Waals surface area contributed by atoms with Gasteiger partial charge in [0.25, 0.3) is 0 Å². The smallest absolute Gasteiger partial charge is 0.219 e. The Morgan fingerprint density at radius 1 is 1.03 bits per heavy atom. The minimum Gasteiger partial charge on any atom is -0.365 e. The second kappa shape index (κ2) is 9.89. The summed E-state index contributed by atoms with van der Waals surface area (Å²) in [6.07, 6.45) is -3.46. The zero-order valence-corrected chi connectivity index (χ0v) is 19.1. The quantitative estimate of drug-likeness (QED) is 0.617. The average Bonchev–Trinajstić information content (AvgIpc) is 2.78. The van der Waals surface area contributed by atoms with E-state index in [-0.39, 0.29) is 19.8 Å². The lowest BCUT2D eigenvalue weighted by atomic mass is 9.91. The number of benzene rings is 2. The SMILES string of the molecule is CC(=O)N[C@]1(O)[C@H](OCc2ccccc2)O[C@@H]2COC(C)(C)O[C@H]2[C@@H]1OCc1ccccc1. The first-order valence-corrected chi connectivity index (χ1v) is 11.1. The van der Waals surface area contributed by atoms with Crippen molar-refractivity contribution in [3.63, 3.8) is 0 Å². The molecular weight excluding hydrogens is 426 g/mol. The summed E-state index contributed by atoms with van der Waals surface area (Å²) in [5, 5.41) is 14.4. The molecule has 2 aliphatic heterocycles. The summed E-state index contributed by atoms with van der Waals surface area (Å²) in [5.41, 5.74) is -0.185. The van der Waals surface area contributed by atoms with Gasteiger partial charge >= 0.3 is 0 Å². The average molecular weight is 458 g/mol. The monoisotopic (exact) mass is 457 g/mol. The van der Waals surface area contributed by atoms with Crippen LogP contribution in [-0.2, 0) is 41.7 Å². The van der Waals surface area contributed by atoms with E-state index in [0.717, 1.165) is 11.1 Å². The summed E-state index contributed by atoms with van der Waals surface area (Å²) in [7, 11) is 0. The third kappa shape index (κ3) is 5.60. The van der Waals surface area contributed by atoms with Crippen LogP contribution in [-0.4, -0.2) is 53.7 Å². The van der Waals surface area contributed by atoms with E-state index >= 15 is 0 Å². The van der Waals surface area contributed by atoms with Crippen LogP contribution < -0.4 is 5.32 Å². The van der Waals surface area contributed by atoms with Crippen LogP contribution in [0.5, 0.6) is 0 Å². The van der Waals surface area contributed by atoms with Crippen molar-refractivity contribution in [3.8, 4) is 0 Å². The van der Waals surface area contributed by atoms with Gasteiger partial charge in [-0.3, -0.25) is 4.79 Å². The minimum absolute atomic E-state index is 0.170. The molecule has 0 unspecified atom stereocenters. The van der Waals surface area contributed by atoms with Crippen molar-refractivity contribution in [2.45, 2.75) is 70.1 Å². The second-order valence-electron chi connectivity index (χ2n) is 8.82. The van der Waals surface area contributed by atoms with Crippen molar-refractivity contribution in [2.75, 3.05) is 6.61 Å². The third-order valence-electron chi connectivity index (χ3n) is 5.66. The lowest BCUT2D eigenvalue weighted by Crippen LogP contribution is -2.76. The Bertz CT molecular complexity index is 923. The number of amides is 1.